The zero-order chi connectivity index (χ0) is 19.4. The summed E-state index contributed by atoms with van der Waals surface area (Å²) in [7, 11) is -3.49. The molecule has 1 aromatic rings. The lowest BCUT2D eigenvalue weighted by molar-refractivity contribution is -0.151. The summed E-state index contributed by atoms with van der Waals surface area (Å²) in [6, 6.07) is 6.90. The molecule has 5 nitrogen and oxygen atoms in total. The van der Waals surface area contributed by atoms with Crippen molar-refractivity contribution in [3.05, 3.63) is 42.0 Å². The van der Waals surface area contributed by atoms with Crippen molar-refractivity contribution in [2.75, 3.05) is 19.7 Å². The van der Waals surface area contributed by atoms with E-state index >= 15 is 0 Å². The molecular weight excluding hydrogens is 362 g/mol. The minimum Gasteiger partial charge on any atom is -0.465 e. The van der Waals surface area contributed by atoms with Crippen molar-refractivity contribution < 1.29 is 17.9 Å². The Hall–Kier alpha value is -1.66. The van der Waals surface area contributed by atoms with Crippen LogP contribution >= 0.6 is 0 Å². The Balaban J connectivity index is 1.51. The first-order valence-corrected chi connectivity index (χ1v) is 11.2. The predicted octanol–water partition coefficient (Wildman–Crippen LogP) is 3.54. The molecule has 2 aliphatic rings. The summed E-state index contributed by atoms with van der Waals surface area (Å²) in [4.78, 5) is 12.7. The Labute approximate surface area is 162 Å². The molecule has 1 aliphatic heterocycles. The second kappa shape index (κ2) is 8.57. The van der Waals surface area contributed by atoms with Gasteiger partial charge in [-0.2, -0.15) is 4.31 Å². The van der Waals surface area contributed by atoms with Crippen LogP contribution in [0.15, 0.2) is 41.3 Å². The molecule has 2 unspecified atom stereocenters. The fourth-order valence-electron chi connectivity index (χ4n) is 3.74. The van der Waals surface area contributed by atoms with Gasteiger partial charge in [-0.3, -0.25) is 4.79 Å². The number of rotatable bonds is 5. The molecule has 2 atom stereocenters. The average molecular weight is 392 g/mol. The fourth-order valence-corrected chi connectivity index (χ4v) is 5.21. The van der Waals surface area contributed by atoms with Gasteiger partial charge in [-0.05, 0) is 56.6 Å². The van der Waals surface area contributed by atoms with Crippen LogP contribution in [0, 0.1) is 24.7 Å². The van der Waals surface area contributed by atoms with Crippen LogP contribution in [0.2, 0.25) is 0 Å². The lowest BCUT2D eigenvalue weighted by Gasteiger charge is -2.31. The molecule has 0 spiro atoms. The third-order valence-corrected chi connectivity index (χ3v) is 7.72. The number of ether oxygens (including phenoxy) is 1. The largest absolute Gasteiger partial charge is 0.465 e. The minimum absolute atomic E-state index is 0.177. The monoisotopic (exact) mass is 391 g/mol. The van der Waals surface area contributed by atoms with Gasteiger partial charge < -0.3 is 4.74 Å². The van der Waals surface area contributed by atoms with Crippen LogP contribution in [0.3, 0.4) is 0 Å². The first kappa shape index (κ1) is 20.1. The number of aryl methyl sites for hydroxylation is 1. The van der Waals surface area contributed by atoms with E-state index in [2.05, 4.69) is 19.1 Å². The van der Waals surface area contributed by atoms with Gasteiger partial charge in [-0.1, -0.05) is 36.8 Å². The number of piperidine rings is 1. The van der Waals surface area contributed by atoms with Crippen LogP contribution in [0.1, 0.15) is 38.2 Å². The number of benzene rings is 1. The lowest BCUT2D eigenvalue weighted by atomic mass is 9.85. The molecule has 0 N–H and O–H groups in total. The molecule has 1 aliphatic carbocycles. The van der Waals surface area contributed by atoms with Crippen molar-refractivity contribution in [1.29, 1.82) is 0 Å². The second-order valence-corrected chi connectivity index (χ2v) is 9.74. The minimum atomic E-state index is -3.49. The van der Waals surface area contributed by atoms with Gasteiger partial charge in [0.15, 0.2) is 0 Å². The van der Waals surface area contributed by atoms with Gasteiger partial charge >= 0.3 is 5.97 Å². The van der Waals surface area contributed by atoms with E-state index in [1.807, 2.05) is 6.92 Å². The van der Waals surface area contributed by atoms with Crippen molar-refractivity contribution in [3.63, 3.8) is 0 Å². The highest BCUT2D eigenvalue weighted by molar-refractivity contribution is 7.89. The van der Waals surface area contributed by atoms with Gasteiger partial charge in [0.2, 0.25) is 10.0 Å². The second-order valence-electron chi connectivity index (χ2n) is 7.80. The zero-order valence-electron chi connectivity index (χ0n) is 16.1. The molecule has 1 heterocycles. The van der Waals surface area contributed by atoms with Crippen LogP contribution in [0.5, 0.6) is 0 Å². The number of hydrogen-bond donors (Lipinski definition) is 0. The van der Waals surface area contributed by atoms with Crippen LogP contribution in [0.25, 0.3) is 0 Å². The number of carbonyl (C=O) groups excluding carboxylic acids is 1. The van der Waals surface area contributed by atoms with Gasteiger partial charge in [0, 0.05) is 13.1 Å². The molecular formula is C21H29NO4S. The number of allylic oxidation sites excluding steroid dienone is 2. The van der Waals surface area contributed by atoms with E-state index in [4.69, 9.17) is 4.74 Å². The molecule has 0 aromatic heterocycles. The van der Waals surface area contributed by atoms with Crippen LogP contribution in [-0.2, 0) is 19.6 Å². The molecule has 6 heteroatoms. The molecule has 1 fully saturated rings. The molecule has 0 amide bonds. The summed E-state index contributed by atoms with van der Waals surface area (Å²) in [6.45, 7) is 5.30. The number of nitrogens with zero attached hydrogens (tertiary/aromatic N) is 1. The molecule has 0 radical (unpaired) electrons. The Morgan fingerprint density at radius 1 is 1.11 bits per heavy atom. The van der Waals surface area contributed by atoms with Gasteiger partial charge in [-0.15, -0.1) is 0 Å². The number of hydrogen-bond acceptors (Lipinski definition) is 4. The maximum Gasteiger partial charge on any atom is 0.309 e. The van der Waals surface area contributed by atoms with Gasteiger partial charge in [-0.25, -0.2) is 8.42 Å². The van der Waals surface area contributed by atoms with E-state index in [1.54, 1.807) is 24.3 Å². The SMILES string of the molecule is Cc1ccc(S(=O)(=O)N2CCC(C(=O)OCC3CC=CCC3C)CC2)cc1. The summed E-state index contributed by atoms with van der Waals surface area (Å²) in [5, 5.41) is 0. The quantitative estimate of drug-likeness (QED) is 0.569. The van der Waals surface area contributed by atoms with Crippen LogP contribution in [0.4, 0.5) is 0 Å². The number of sulfonamides is 1. The summed E-state index contributed by atoms with van der Waals surface area (Å²) in [6.07, 6.45) is 7.38. The lowest BCUT2D eigenvalue weighted by Crippen LogP contribution is -2.40. The molecule has 0 bridgehead atoms. The number of carbonyl (C=O) groups is 1. The molecule has 0 saturated carbocycles. The molecule has 3 rings (SSSR count). The average Bonchev–Trinajstić information content (AvgIpc) is 2.67. The van der Waals surface area contributed by atoms with E-state index in [-0.39, 0.29) is 11.9 Å². The third kappa shape index (κ3) is 4.79. The van der Waals surface area contributed by atoms with Crippen molar-refractivity contribution in [1.82, 2.24) is 4.31 Å². The van der Waals surface area contributed by atoms with Crippen LogP contribution < -0.4 is 0 Å². The van der Waals surface area contributed by atoms with Crippen molar-refractivity contribution in [2.24, 2.45) is 17.8 Å². The highest BCUT2D eigenvalue weighted by Gasteiger charge is 2.33. The summed E-state index contributed by atoms with van der Waals surface area (Å²) < 4.78 is 32.5. The van der Waals surface area contributed by atoms with E-state index in [9.17, 15) is 13.2 Å². The summed E-state index contributed by atoms with van der Waals surface area (Å²) >= 11 is 0. The maximum absolute atomic E-state index is 12.7. The predicted molar refractivity (Wildman–Crippen MR) is 105 cm³/mol. The summed E-state index contributed by atoms with van der Waals surface area (Å²) in [5.41, 5.74) is 1.03. The van der Waals surface area contributed by atoms with E-state index < -0.39 is 10.0 Å². The smallest absolute Gasteiger partial charge is 0.309 e. The zero-order valence-corrected chi connectivity index (χ0v) is 17.0. The van der Waals surface area contributed by atoms with Crippen molar-refractivity contribution in [2.45, 2.75) is 44.4 Å². The van der Waals surface area contributed by atoms with Gasteiger partial charge in [0.1, 0.15) is 0 Å². The first-order chi connectivity index (χ1) is 12.9. The Kier molecular flexibility index (Phi) is 6.37. The van der Waals surface area contributed by atoms with Crippen molar-refractivity contribution >= 4 is 16.0 Å². The standard InChI is InChI=1S/C21H29NO4S/c1-16-7-9-20(10-8-16)27(24,25)22-13-11-18(12-14-22)21(23)26-15-19-6-4-3-5-17(19)2/h3-4,7-10,17-19H,5-6,11-15H2,1-2H3. The molecule has 1 aromatic carbocycles. The van der Waals surface area contributed by atoms with E-state index in [1.165, 1.54) is 4.31 Å². The van der Waals surface area contributed by atoms with Crippen LogP contribution in [-0.4, -0.2) is 38.4 Å². The first-order valence-electron chi connectivity index (χ1n) is 9.76. The maximum atomic E-state index is 12.7. The third-order valence-electron chi connectivity index (χ3n) is 5.80. The normalized spacial score (nSPS) is 24.7. The Bertz CT molecular complexity index is 777. The topological polar surface area (TPSA) is 63.7 Å². The number of esters is 1. The van der Waals surface area contributed by atoms with Gasteiger partial charge in [0.25, 0.3) is 0 Å². The Morgan fingerprint density at radius 2 is 1.74 bits per heavy atom. The fraction of sp³-hybridized carbons (Fsp3) is 0.571. The Morgan fingerprint density at radius 3 is 2.37 bits per heavy atom. The molecule has 27 heavy (non-hydrogen) atoms. The van der Waals surface area contributed by atoms with Gasteiger partial charge in [0.05, 0.1) is 17.4 Å². The van der Waals surface area contributed by atoms with Crippen molar-refractivity contribution in [3.8, 4) is 0 Å². The summed E-state index contributed by atoms with van der Waals surface area (Å²) in [5.74, 6) is 0.540. The highest BCUT2D eigenvalue weighted by Crippen LogP contribution is 2.27. The molecule has 1 saturated heterocycles. The van der Waals surface area contributed by atoms with E-state index in [0.717, 1.165) is 18.4 Å². The highest BCUT2D eigenvalue weighted by atomic mass is 32.2. The molecule has 148 valence electrons. The van der Waals surface area contributed by atoms with E-state index in [0.29, 0.717) is 49.3 Å².